The molecular weight excluding hydrogens is 310 g/mol. The van der Waals surface area contributed by atoms with Crippen LogP contribution in [0.1, 0.15) is 32.1 Å². The Morgan fingerprint density at radius 2 is 2.11 bits per heavy atom. The number of nitrogens with two attached hydrogens (primary N) is 1. The van der Waals surface area contributed by atoms with Crippen LogP contribution in [-0.2, 0) is 0 Å². The Hall–Kier alpha value is -0.190. The number of anilines is 1. The molecule has 0 spiro atoms. The molecule has 4 heteroatoms. The van der Waals surface area contributed by atoms with Gasteiger partial charge in [0.25, 0.3) is 0 Å². The summed E-state index contributed by atoms with van der Waals surface area (Å²) in [6, 6.07) is 5.85. The normalized spacial score (nSPS) is 18.1. The number of hydrogen-bond acceptors (Lipinski definition) is 3. The Bertz CT molecular complexity index is 393. The molecule has 0 saturated heterocycles. The summed E-state index contributed by atoms with van der Waals surface area (Å²) in [6.45, 7) is 0. The summed E-state index contributed by atoms with van der Waals surface area (Å²) in [7, 11) is 0. The minimum Gasteiger partial charge on any atom is -0.398 e. The van der Waals surface area contributed by atoms with Gasteiger partial charge in [0.1, 0.15) is 0 Å². The van der Waals surface area contributed by atoms with Crippen LogP contribution < -0.4 is 5.73 Å². The summed E-state index contributed by atoms with van der Waals surface area (Å²) in [6.07, 6.45) is 5.99. The second-order valence-corrected chi connectivity index (χ2v) is 7.01. The first-order valence-electron chi connectivity index (χ1n) is 6.51. The highest BCUT2D eigenvalue weighted by Crippen LogP contribution is 2.32. The summed E-state index contributed by atoms with van der Waals surface area (Å²) in [4.78, 5) is 1.05. The van der Waals surface area contributed by atoms with Gasteiger partial charge in [-0.3, -0.25) is 0 Å². The van der Waals surface area contributed by atoms with Gasteiger partial charge in [0.05, 0.1) is 6.10 Å². The summed E-state index contributed by atoms with van der Waals surface area (Å²) in [5, 5.41) is 10.1. The van der Waals surface area contributed by atoms with Crippen molar-refractivity contribution in [1.82, 2.24) is 0 Å². The molecule has 1 aliphatic rings. The van der Waals surface area contributed by atoms with Crippen LogP contribution in [0, 0.1) is 5.92 Å². The fourth-order valence-corrected chi connectivity index (χ4v) is 3.98. The third-order valence-corrected chi connectivity index (χ3v) is 5.20. The first-order chi connectivity index (χ1) is 8.65. The Morgan fingerprint density at radius 3 is 2.83 bits per heavy atom. The minimum absolute atomic E-state index is 0.212. The molecule has 3 N–H and O–H groups in total. The molecule has 1 aromatic rings. The number of aliphatic hydroxyl groups is 1. The molecule has 0 aliphatic heterocycles. The molecule has 1 aliphatic carbocycles. The van der Waals surface area contributed by atoms with Crippen LogP contribution >= 0.6 is 27.7 Å². The van der Waals surface area contributed by atoms with Crippen molar-refractivity contribution in [1.29, 1.82) is 0 Å². The maximum Gasteiger partial charge on any atom is 0.0636 e. The number of thioether (sulfide) groups is 1. The number of hydrogen-bond donors (Lipinski definition) is 2. The van der Waals surface area contributed by atoms with E-state index < -0.39 is 0 Å². The maximum atomic E-state index is 10.1. The molecule has 0 bridgehead atoms. The van der Waals surface area contributed by atoms with Crippen molar-refractivity contribution in [2.24, 2.45) is 5.92 Å². The first-order valence-corrected chi connectivity index (χ1v) is 8.29. The standard InChI is InChI=1S/C14H20BrNOS/c15-11-5-6-13(16)14(8-11)18-9-12(17)7-10-3-1-2-4-10/h5-6,8,10,12,17H,1-4,7,9,16H2. The van der Waals surface area contributed by atoms with Gasteiger partial charge in [0.15, 0.2) is 0 Å². The van der Waals surface area contributed by atoms with E-state index in [1.54, 1.807) is 11.8 Å². The third-order valence-electron chi connectivity index (χ3n) is 3.49. The van der Waals surface area contributed by atoms with Gasteiger partial charge in [-0.15, -0.1) is 11.8 Å². The van der Waals surface area contributed by atoms with Crippen molar-refractivity contribution >= 4 is 33.4 Å². The first kappa shape index (κ1) is 14.2. The monoisotopic (exact) mass is 329 g/mol. The molecule has 0 radical (unpaired) electrons. The number of rotatable bonds is 5. The highest BCUT2D eigenvalue weighted by molar-refractivity contribution is 9.10. The lowest BCUT2D eigenvalue weighted by Crippen LogP contribution is -2.14. The second-order valence-electron chi connectivity index (χ2n) is 5.03. The largest absolute Gasteiger partial charge is 0.398 e. The molecule has 1 fully saturated rings. The fourth-order valence-electron chi connectivity index (χ4n) is 2.52. The van der Waals surface area contributed by atoms with Crippen molar-refractivity contribution in [3.63, 3.8) is 0 Å². The van der Waals surface area contributed by atoms with Crippen LogP contribution in [0.3, 0.4) is 0 Å². The molecule has 100 valence electrons. The SMILES string of the molecule is Nc1ccc(Br)cc1SCC(O)CC1CCCC1. The smallest absolute Gasteiger partial charge is 0.0636 e. The molecular formula is C14H20BrNOS. The molecule has 2 nitrogen and oxygen atoms in total. The summed E-state index contributed by atoms with van der Waals surface area (Å²) in [5.41, 5.74) is 6.70. The molecule has 18 heavy (non-hydrogen) atoms. The van der Waals surface area contributed by atoms with Crippen LogP contribution in [0.5, 0.6) is 0 Å². The Morgan fingerprint density at radius 1 is 1.39 bits per heavy atom. The molecule has 0 heterocycles. The van der Waals surface area contributed by atoms with Gasteiger partial charge in [-0.05, 0) is 30.5 Å². The van der Waals surface area contributed by atoms with Gasteiger partial charge in [0.2, 0.25) is 0 Å². The van der Waals surface area contributed by atoms with E-state index in [9.17, 15) is 5.11 Å². The summed E-state index contributed by atoms with van der Waals surface area (Å²) < 4.78 is 1.03. The van der Waals surface area contributed by atoms with Crippen LogP contribution in [0.15, 0.2) is 27.6 Å². The lowest BCUT2D eigenvalue weighted by molar-refractivity contribution is 0.166. The van der Waals surface area contributed by atoms with Crippen LogP contribution in [0.2, 0.25) is 0 Å². The van der Waals surface area contributed by atoms with Crippen LogP contribution in [-0.4, -0.2) is 17.0 Å². The van der Waals surface area contributed by atoms with E-state index in [2.05, 4.69) is 15.9 Å². The molecule has 1 aromatic carbocycles. The molecule has 1 saturated carbocycles. The van der Waals surface area contributed by atoms with Crippen molar-refractivity contribution < 1.29 is 5.11 Å². The predicted molar refractivity (Wildman–Crippen MR) is 81.9 cm³/mol. The van der Waals surface area contributed by atoms with Gasteiger partial charge >= 0.3 is 0 Å². The summed E-state index contributed by atoms with van der Waals surface area (Å²) >= 11 is 5.09. The number of benzene rings is 1. The fraction of sp³-hybridized carbons (Fsp3) is 0.571. The van der Waals surface area contributed by atoms with E-state index in [4.69, 9.17) is 5.73 Å². The molecule has 1 unspecified atom stereocenters. The van der Waals surface area contributed by atoms with Crippen LogP contribution in [0.4, 0.5) is 5.69 Å². The van der Waals surface area contributed by atoms with E-state index in [0.717, 1.165) is 33.1 Å². The highest BCUT2D eigenvalue weighted by atomic mass is 79.9. The van der Waals surface area contributed by atoms with E-state index in [0.29, 0.717) is 0 Å². The number of aliphatic hydroxyl groups excluding tert-OH is 1. The van der Waals surface area contributed by atoms with Crippen molar-refractivity contribution in [3.05, 3.63) is 22.7 Å². The second kappa shape index (κ2) is 6.83. The molecule has 0 amide bonds. The Labute approximate surface area is 121 Å². The quantitative estimate of drug-likeness (QED) is 0.632. The van der Waals surface area contributed by atoms with Crippen molar-refractivity contribution in [2.75, 3.05) is 11.5 Å². The topological polar surface area (TPSA) is 46.2 Å². The average molecular weight is 330 g/mol. The van der Waals surface area contributed by atoms with E-state index >= 15 is 0 Å². The van der Waals surface area contributed by atoms with E-state index in [1.807, 2.05) is 18.2 Å². The zero-order valence-electron chi connectivity index (χ0n) is 10.4. The van der Waals surface area contributed by atoms with E-state index in [-0.39, 0.29) is 6.10 Å². The predicted octanol–water partition coefficient (Wildman–Crippen LogP) is 4.06. The molecule has 1 atom stereocenters. The average Bonchev–Trinajstić information content (AvgIpc) is 2.83. The maximum absolute atomic E-state index is 10.1. The van der Waals surface area contributed by atoms with Crippen molar-refractivity contribution in [3.8, 4) is 0 Å². The van der Waals surface area contributed by atoms with E-state index in [1.165, 1.54) is 25.7 Å². The highest BCUT2D eigenvalue weighted by Gasteiger charge is 2.19. The van der Waals surface area contributed by atoms with Gasteiger partial charge in [-0.25, -0.2) is 0 Å². The zero-order chi connectivity index (χ0) is 13.0. The van der Waals surface area contributed by atoms with Gasteiger partial charge in [-0.1, -0.05) is 41.6 Å². The molecule has 2 rings (SSSR count). The molecule has 0 aromatic heterocycles. The summed E-state index contributed by atoms with van der Waals surface area (Å²) in [5.74, 6) is 1.47. The van der Waals surface area contributed by atoms with Crippen LogP contribution in [0.25, 0.3) is 0 Å². The van der Waals surface area contributed by atoms with Gasteiger partial charge < -0.3 is 10.8 Å². The van der Waals surface area contributed by atoms with Gasteiger partial charge in [0, 0.05) is 20.8 Å². The van der Waals surface area contributed by atoms with Crippen molar-refractivity contribution in [2.45, 2.75) is 43.1 Å². The lowest BCUT2D eigenvalue weighted by Gasteiger charge is -2.15. The Kier molecular flexibility index (Phi) is 5.39. The zero-order valence-corrected chi connectivity index (χ0v) is 12.8. The Balaban J connectivity index is 1.81. The van der Waals surface area contributed by atoms with Gasteiger partial charge in [-0.2, -0.15) is 0 Å². The number of halogens is 1. The lowest BCUT2D eigenvalue weighted by atomic mass is 10.0. The third kappa shape index (κ3) is 4.18. The minimum atomic E-state index is -0.212. The number of nitrogen functional groups attached to an aromatic ring is 1.